The number of nitrogens with zero attached hydrogens (tertiary/aromatic N) is 2. The number of para-hydroxylation sites is 1. The molecule has 1 unspecified atom stereocenters. The van der Waals surface area contributed by atoms with Crippen LogP contribution in [-0.2, 0) is 17.6 Å². The van der Waals surface area contributed by atoms with Crippen molar-refractivity contribution in [3.05, 3.63) is 51.1 Å². The first-order valence-electron chi connectivity index (χ1n) is 9.82. The maximum atomic E-state index is 13.5. The van der Waals surface area contributed by atoms with E-state index in [1.54, 1.807) is 24.3 Å². The van der Waals surface area contributed by atoms with Crippen LogP contribution < -0.4 is 10.9 Å². The van der Waals surface area contributed by atoms with Crippen LogP contribution in [0, 0.1) is 5.92 Å². The lowest BCUT2D eigenvalue weighted by Crippen LogP contribution is -2.35. The number of thioether (sulfide) groups is 1. The third-order valence-corrected chi connectivity index (χ3v) is 7.22. The lowest BCUT2D eigenvalue weighted by Gasteiger charge is -2.17. The van der Waals surface area contributed by atoms with Gasteiger partial charge < -0.3 is 5.32 Å². The molecule has 0 fully saturated rings. The average molecular weight is 468 g/mol. The standard InChI is InChI=1S/C21H20F3N3O2S2/c1-12-7-8-14-15(9-12)31-18-17(14)19(29)27(13-5-3-2-4-6-13)20(26-18)30-10-16(28)25-11-21(22,23)24/h2-6,12H,7-11H2,1H3,(H,25,28). The summed E-state index contributed by atoms with van der Waals surface area (Å²) in [7, 11) is 0. The highest BCUT2D eigenvalue weighted by Gasteiger charge is 2.28. The molecule has 31 heavy (non-hydrogen) atoms. The predicted octanol–water partition coefficient (Wildman–Crippen LogP) is 4.34. The van der Waals surface area contributed by atoms with Crippen molar-refractivity contribution in [3.8, 4) is 5.69 Å². The van der Waals surface area contributed by atoms with Gasteiger partial charge in [0.2, 0.25) is 5.91 Å². The highest BCUT2D eigenvalue weighted by molar-refractivity contribution is 7.99. The molecule has 1 amide bonds. The van der Waals surface area contributed by atoms with Gasteiger partial charge in [0.25, 0.3) is 5.56 Å². The zero-order valence-electron chi connectivity index (χ0n) is 16.7. The van der Waals surface area contributed by atoms with Crippen LogP contribution in [0.1, 0.15) is 23.8 Å². The van der Waals surface area contributed by atoms with Crippen LogP contribution in [0.3, 0.4) is 0 Å². The summed E-state index contributed by atoms with van der Waals surface area (Å²) in [6.07, 6.45) is -1.73. The predicted molar refractivity (Wildman–Crippen MR) is 116 cm³/mol. The van der Waals surface area contributed by atoms with E-state index in [2.05, 4.69) is 11.9 Å². The first-order valence-corrected chi connectivity index (χ1v) is 11.6. The van der Waals surface area contributed by atoms with Crippen molar-refractivity contribution in [2.75, 3.05) is 12.3 Å². The maximum absolute atomic E-state index is 13.5. The van der Waals surface area contributed by atoms with Crippen LogP contribution in [0.25, 0.3) is 15.9 Å². The smallest absolute Gasteiger partial charge is 0.346 e. The second-order valence-electron chi connectivity index (χ2n) is 7.58. The summed E-state index contributed by atoms with van der Waals surface area (Å²) >= 11 is 2.45. The number of nitrogens with one attached hydrogen (secondary N) is 1. The third-order valence-electron chi connectivity index (χ3n) is 5.13. The highest BCUT2D eigenvalue weighted by atomic mass is 32.2. The summed E-state index contributed by atoms with van der Waals surface area (Å²) in [6, 6.07) is 8.95. The number of rotatable bonds is 5. The Morgan fingerprint density at radius 3 is 2.77 bits per heavy atom. The molecule has 1 aliphatic carbocycles. The normalized spacial score (nSPS) is 16.3. The number of alkyl halides is 3. The lowest BCUT2D eigenvalue weighted by molar-refractivity contribution is -0.136. The Labute approximate surface area is 184 Å². The maximum Gasteiger partial charge on any atom is 0.405 e. The molecule has 2 heterocycles. The molecule has 0 aliphatic heterocycles. The Kier molecular flexibility index (Phi) is 6.11. The Bertz CT molecular complexity index is 1170. The van der Waals surface area contributed by atoms with Crippen LogP contribution in [0.15, 0.2) is 40.3 Å². The van der Waals surface area contributed by atoms with Crippen LogP contribution in [0.2, 0.25) is 0 Å². The van der Waals surface area contributed by atoms with Gasteiger partial charge in [0.05, 0.1) is 16.8 Å². The number of amides is 1. The number of carbonyl (C=O) groups excluding carboxylic acids is 1. The molecule has 164 valence electrons. The van der Waals surface area contributed by atoms with Gasteiger partial charge in [-0.1, -0.05) is 36.9 Å². The fraction of sp³-hybridized carbons (Fsp3) is 0.381. The van der Waals surface area contributed by atoms with Crippen LogP contribution in [0.5, 0.6) is 0 Å². The van der Waals surface area contributed by atoms with Crippen LogP contribution in [-0.4, -0.2) is 33.9 Å². The minimum Gasteiger partial charge on any atom is -0.346 e. The molecule has 0 bridgehead atoms. The number of carbonyl (C=O) groups is 1. The van der Waals surface area contributed by atoms with Gasteiger partial charge in [0.15, 0.2) is 5.16 Å². The second-order valence-corrected chi connectivity index (χ2v) is 9.61. The zero-order chi connectivity index (χ0) is 22.2. The van der Waals surface area contributed by atoms with Crippen molar-refractivity contribution in [2.24, 2.45) is 5.92 Å². The molecule has 3 aromatic rings. The lowest BCUT2D eigenvalue weighted by atomic mass is 9.89. The van der Waals surface area contributed by atoms with E-state index >= 15 is 0 Å². The quantitative estimate of drug-likeness (QED) is 0.448. The van der Waals surface area contributed by atoms with E-state index in [1.165, 1.54) is 20.8 Å². The van der Waals surface area contributed by atoms with E-state index in [1.807, 2.05) is 11.4 Å². The molecule has 2 aromatic heterocycles. The van der Waals surface area contributed by atoms with Gasteiger partial charge in [0.1, 0.15) is 11.4 Å². The van der Waals surface area contributed by atoms with Gasteiger partial charge >= 0.3 is 6.18 Å². The van der Waals surface area contributed by atoms with Gasteiger partial charge in [-0.25, -0.2) is 4.98 Å². The first-order chi connectivity index (χ1) is 14.7. The van der Waals surface area contributed by atoms with E-state index in [-0.39, 0.29) is 16.5 Å². The monoisotopic (exact) mass is 467 g/mol. The minimum atomic E-state index is -4.48. The van der Waals surface area contributed by atoms with E-state index < -0.39 is 18.6 Å². The van der Waals surface area contributed by atoms with Crippen molar-refractivity contribution >= 4 is 39.2 Å². The molecule has 1 atom stereocenters. The minimum absolute atomic E-state index is 0.207. The van der Waals surface area contributed by atoms with Crippen molar-refractivity contribution in [1.29, 1.82) is 0 Å². The number of halogens is 3. The Morgan fingerprint density at radius 1 is 1.32 bits per heavy atom. The van der Waals surface area contributed by atoms with Gasteiger partial charge in [-0.15, -0.1) is 11.3 Å². The zero-order valence-corrected chi connectivity index (χ0v) is 18.3. The molecule has 1 N–H and O–H groups in total. The Balaban J connectivity index is 1.73. The fourth-order valence-corrected chi connectivity index (χ4v) is 5.92. The molecule has 0 saturated heterocycles. The van der Waals surface area contributed by atoms with Crippen molar-refractivity contribution in [1.82, 2.24) is 14.9 Å². The molecule has 1 aromatic carbocycles. The van der Waals surface area contributed by atoms with Crippen molar-refractivity contribution < 1.29 is 18.0 Å². The number of hydrogen-bond acceptors (Lipinski definition) is 5. The third kappa shape index (κ3) is 4.79. The molecule has 0 radical (unpaired) electrons. The van der Waals surface area contributed by atoms with Gasteiger partial charge in [-0.3, -0.25) is 14.2 Å². The Morgan fingerprint density at radius 2 is 2.06 bits per heavy atom. The fourth-order valence-electron chi connectivity index (χ4n) is 3.65. The van der Waals surface area contributed by atoms with Crippen molar-refractivity contribution in [2.45, 2.75) is 37.5 Å². The molecule has 1 aliphatic rings. The van der Waals surface area contributed by atoms with Crippen LogP contribution in [0.4, 0.5) is 13.2 Å². The molecule has 4 rings (SSSR count). The van der Waals surface area contributed by atoms with Gasteiger partial charge in [-0.2, -0.15) is 13.2 Å². The summed E-state index contributed by atoms with van der Waals surface area (Å²) in [4.78, 5) is 31.9. The number of aryl methyl sites for hydroxylation is 1. The average Bonchev–Trinajstić information content (AvgIpc) is 3.08. The Hall–Kier alpha value is -2.33. The molecule has 0 spiro atoms. The summed E-state index contributed by atoms with van der Waals surface area (Å²) < 4.78 is 38.5. The molecule has 0 saturated carbocycles. The molecular weight excluding hydrogens is 447 g/mol. The largest absolute Gasteiger partial charge is 0.405 e. The summed E-state index contributed by atoms with van der Waals surface area (Å²) in [6.45, 7) is 0.796. The number of hydrogen-bond donors (Lipinski definition) is 1. The van der Waals surface area contributed by atoms with Gasteiger partial charge in [-0.05, 0) is 42.9 Å². The van der Waals surface area contributed by atoms with E-state index in [0.717, 1.165) is 36.6 Å². The summed E-state index contributed by atoms with van der Waals surface area (Å²) in [5.41, 5.74) is 1.45. The number of aromatic nitrogens is 2. The summed E-state index contributed by atoms with van der Waals surface area (Å²) in [5.74, 6) is -0.498. The van der Waals surface area contributed by atoms with E-state index in [9.17, 15) is 22.8 Å². The van der Waals surface area contributed by atoms with Crippen molar-refractivity contribution in [3.63, 3.8) is 0 Å². The summed E-state index contributed by atoms with van der Waals surface area (Å²) in [5, 5.41) is 2.75. The highest BCUT2D eigenvalue weighted by Crippen LogP contribution is 2.37. The molecular formula is C21H20F3N3O2S2. The molecule has 5 nitrogen and oxygen atoms in total. The number of fused-ring (bicyclic) bond motifs is 3. The van der Waals surface area contributed by atoms with E-state index in [4.69, 9.17) is 0 Å². The van der Waals surface area contributed by atoms with E-state index in [0.29, 0.717) is 21.8 Å². The first kappa shape index (κ1) is 21.9. The number of thiophene rings is 1. The molecule has 10 heteroatoms. The SMILES string of the molecule is CC1CCc2c(sc3nc(SCC(=O)NCC(F)(F)F)n(-c4ccccc4)c(=O)c23)C1. The number of benzene rings is 1. The second kappa shape index (κ2) is 8.66. The topological polar surface area (TPSA) is 64.0 Å². The van der Waals surface area contributed by atoms with Crippen LogP contribution >= 0.6 is 23.1 Å². The van der Waals surface area contributed by atoms with Gasteiger partial charge in [0, 0.05) is 4.88 Å².